The third-order valence-corrected chi connectivity index (χ3v) is 2.58. The molecule has 0 heterocycles. The molecule has 0 fully saturated rings. The Labute approximate surface area is 122 Å². The van der Waals surface area contributed by atoms with Gasteiger partial charge in [-0.05, 0) is 18.2 Å². The van der Waals surface area contributed by atoms with E-state index in [1.807, 2.05) is 0 Å². The highest BCUT2D eigenvalue weighted by atomic mass is 16.5. The highest BCUT2D eigenvalue weighted by Crippen LogP contribution is 2.28. The molecule has 114 valence electrons. The van der Waals surface area contributed by atoms with Crippen LogP contribution in [0.3, 0.4) is 0 Å². The molecule has 7 nitrogen and oxygen atoms in total. The molecule has 0 aliphatic rings. The normalized spacial score (nSPS) is 9.67. The van der Waals surface area contributed by atoms with Crippen molar-refractivity contribution in [2.45, 2.75) is 19.8 Å². The van der Waals surface area contributed by atoms with Crippen molar-refractivity contribution in [1.82, 2.24) is 0 Å². The molecular formula is C14H18N2O5. The lowest BCUT2D eigenvalue weighted by Crippen LogP contribution is -2.15. The Bertz CT molecular complexity index is 542. The number of hydrogen-bond acceptors (Lipinski definition) is 5. The van der Waals surface area contributed by atoms with E-state index in [9.17, 15) is 14.4 Å². The first-order valence-corrected chi connectivity index (χ1v) is 6.28. The number of ether oxygens (including phenoxy) is 2. The number of anilines is 2. The van der Waals surface area contributed by atoms with E-state index in [2.05, 4.69) is 15.4 Å². The van der Waals surface area contributed by atoms with E-state index >= 15 is 0 Å². The first kappa shape index (κ1) is 16.5. The van der Waals surface area contributed by atoms with Gasteiger partial charge < -0.3 is 20.1 Å². The van der Waals surface area contributed by atoms with Crippen LogP contribution in [0.2, 0.25) is 0 Å². The van der Waals surface area contributed by atoms with Gasteiger partial charge in [0.1, 0.15) is 5.75 Å². The molecule has 1 rings (SSSR count). The molecule has 1 aromatic rings. The van der Waals surface area contributed by atoms with Crippen LogP contribution in [0.25, 0.3) is 0 Å². The summed E-state index contributed by atoms with van der Waals surface area (Å²) >= 11 is 0. The number of esters is 1. The van der Waals surface area contributed by atoms with Crippen molar-refractivity contribution in [2.75, 3.05) is 24.9 Å². The summed E-state index contributed by atoms with van der Waals surface area (Å²) in [5.41, 5.74) is 0.949. The fourth-order valence-electron chi connectivity index (χ4n) is 1.62. The Morgan fingerprint density at radius 3 is 2.38 bits per heavy atom. The summed E-state index contributed by atoms with van der Waals surface area (Å²) in [6, 6.07) is 4.86. The lowest BCUT2D eigenvalue weighted by Gasteiger charge is -2.12. The Morgan fingerprint density at radius 2 is 1.81 bits per heavy atom. The van der Waals surface area contributed by atoms with Gasteiger partial charge >= 0.3 is 5.97 Å². The van der Waals surface area contributed by atoms with Crippen LogP contribution in [0.5, 0.6) is 5.75 Å². The van der Waals surface area contributed by atoms with Gasteiger partial charge in [0.15, 0.2) is 0 Å². The Balaban J connectivity index is 2.77. The van der Waals surface area contributed by atoms with E-state index in [-0.39, 0.29) is 24.7 Å². The van der Waals surface area contributed by atoms with Crippen molar-refractivity contribution < 1.29 is 23.9 Å². The van der Waals surface area contributed by atoms with E-state index in [1.165, 1.54) is 21.1 Å². The summed E-state index contributed by atoms with van der Waals surface area (Å²) < 4.78 is 9.60. The van der Waals surface area contributed by atoms with Crippen LogP contribution in [-0.4, -0.2) is 32.0 Å². The molecule has 0 atom stereocenters. The molecule has 0 spiro atoms. The third-order valence-electron chi connectivity index (χ3n) is 2.58. The fraction of sp³-hybridized carbons (Fsp3) is 0.357. The van der Waals surface area contributed by atoms with Crippen molar-refractivity contribution in [3.8, 4) is 5.75 Å². The van der Waals surface area contributed by atoms with Crippen molar-refractivity contribution in [3.63, 3.8) is 0 Å². The zero-order chi connectivity index (χ0) is 15.8. The summed E-state index contributed by atoms with van der Waals surface area (Å²) in [6.07, 6.45) is -0.00374. The van der Waals surface area contributed by atoms with Gasteiger partial charge in [0.05, 0.1) is 26.3 Å². The molecule has 0 aliphatic carbocycles. The second-order valence-electron chi connectivity index (χ2n) is 4.22. The minimum Gasteiger partial charge on any atom is -0.495 e. The minimum atomic E-state index is -0.455. The fourth-order valence-corrected chi connectivity index (χ4v) is 1.62. The summed E-state index contributed by atoms with van der Waals surface area (Å²) in [6.45, 7) is 1.39. The van der Waals surface area contributed by atoms with Gasteiger partial charge in [-0.25, -0.2) is 0 Å². The van der Waals surface area contributed by atoms with Gasteiger partial charge in [0, 0.05) is 19.0 Å². The Hall–Kier alpha value is -2.57. The maximum atomic E-state index is 11.8. The molecule has 7 heteroatoms. The van der Waals surface area contributed by atoms with Crippen LogP contribution < -0.4 is 15.4 Å². The Kier molecular flexibility index (Phi) is 6.19. The average molecular weight is 294 g/mol. The molecule has 0 saturated carbocycles. The van der Waals surface area contributed by atoms with Crippen LogP contribution in [-0.2, 0) is 19.1 Å². The van der Waals surface area contributed by atoms with Gasteiger partial charge in [-0.2, -0.15) is 0 Å². The monoisotopic (exact) mass is 294 g/mol. The molecule has 0 unspecified atom stereocenters. The third kappa shape index (κ3) is 5.52. The smallest absolute Gasteiger partial charge is 0.306 e. The summed E-state index contributed by atoms with van der Waals surface area (Å²) in [7, 11) is 2.73. The lowest BCUT2D eigenvalue weighted by atomic mass is 10.2. The number of carbonyl (C=O) groups excluding carboxylic acids is 3. The molecule has 2 N–H and O–H groups in total. The first-order valence-electron chi connectivity index (χ1n) is 6.28. The second kappa shape index (κ2) is 7.88. The Morgan fingerprint density at radius 1 is 1.10 bits per heavy atom. The number of nitrogens with one attached hydrogen (secondary N) is 2. The van der Waals surface area contributed by atoms with Crippen molar-refractivity contribution in [1.29, 1.82) is 0 Å². The molecule has 21 heavy (non-hydrogen) atoms. The molecule has 0 radical (unpaired) electrons. The summed E-state index contributed by atoms with van der Waals surface area (Å²) in [5, 5.41) is 5.24. The minimum absolute atomic E-state index is 0.000191. The number of benzene rings is 1. The van der Waals surface area contributed by atoms with E-state index in [0.717, 1.165) is 0 Å². The average Bonchev–Trinajstić information content (AvgIpc) is 2.44. The number of hydrogen-bond donors (Lipinski definition) is 2. The maximum Gasteiger partial charge on any atom is 0.306 e. The number of carbonyl (C=O) groups is 3. The van der Waals surface area contributed by atoms with Crippen molar-refractivity contribution >= 4 is 29.2 Å². The molecule has 0 aromatic heterocycles. The predicted molar refractivity (Wildman–Crippen MR) is 77.2 cm³/mol. The topological polar surface area (TPSA) is 93.7 Å². The number of rotatable bonds is 6. The maximum absolute atomic E-state index is 11.8. The van der Waals surface area contributed by atoms with E-state index in [0.29, 0.717) is 17.1 Å². The van der Waals surface area contributed by atoms with Crippen LogP contribution in [0.15, 0.2) is 18.2 Å². The largest absolute Gasteiger partial charge is 0.495 e. The van der Waals surface area contributed by atoms with Crippen LogP contribution in [0, 0.1) is 0 Å². The number of methoxy groups -OCH3 is 2. The van der Waals surface area contributed by atoms with Crippen molar-refractivity contribution in [3.05, 3.63) is 18.2 Å². The summed E-state index contributed by atoms with van der Waals surface area (Å²) in [5.74, 6) is -0.568. The van der Waals surface area contributed by atoms with Gasteiger partial charge in [0.25, 0.3) is 0 Å². The van der Waals surface area contributed by atoms with Gasteiger partial charge in [-0.15, -0.1) is 0 Å². The van der Waals surface area contributed by atoms with Gasteiger partial charge in [-0.1, -0.05) is 0 Å². The van der Waals surface area contributed by atoms with Crippen LogP contribution >= 0.6 is 0 Å². The zero-order valence-electron chi connectivity index (χ0n) is 12.2. The summed E-state index contributed by atoms with van der Waals surface area (Å²) in [4.78, 5) is 33.8. The zero-order valence-corrected chi connectivity index (χ0v) is 12.2. The van der Waals surface area contributed by atoms with Crippen LogP contribution in [0.4, 0.5) is 11.4 Å². The van der Waals surface area contributed by atoms with Crippen molar-refractivity contribution in [2.24, 2.45) is 0 Å². The van der Waals surface area contributed by atoms with E-state index < -0.39 is 5.97 Å². The lowest BCUT2D eigenvalue weighted by molar-refractivity contribution is -0.141. The molecule has 0 aliphatic heterocycles. The predicted octanol–water partition coefficient (Wildman–Crippen LogP) is 1.55. The molecule has 2 amide bonds. The highest BCUT2D eigenvalue weighted by molar-refractivity contribution is 5.95. The van der Waals surface area contributed by atoms with E-state index in [1.54, 1.807) is 18.2 Å². The SMILES string of the molecule is COC(=O)CCC(=O)Nc1cc(NC(C)=O)ccc1OC. The molecular weight excluding hydrogens is 276 g/mol. The quantitative estimate of drug-likeness (QED) is 0.776. The van der Waals surface area contributed by atoms with Gasteiger partial charge in [-0.3, -0.25) is 14.4 Å². The number of amides is 2. The molecule has 1 aromatic carbocycles. The van der Waals surface area contributed by atoms with E-state index in [4.69, 9.17) is 4.74 Å². The second-order valence-corrected chi connectivity index (χ2v) is 4.22. The molecule has 0 bridgehead atoms. The molecule has 0 saturated heterocycles. The van der Waals surface area contributed by atoms with Crippen LogP contribution in [0.1, 0.15) is 19.8 Å². The van der Waals surface area contributed by atoms with Gasteiger partial charge in [0.2, 0.25) is 11.8 Å². The standard InChI is InChI=1S/C14H18N2O5/c1-9(17)15-10-4-5-12(20-2)11(8-10)16-13(18)6-7-14(19)21-3/h4-5,8H,6-7H2,1-3H3,(H,15,17)(H,16,18). The highest BCUT2D eigenvalue weighted by Gasteiger charge is 2.11. The first-order chi connectivity index (χ1) is 9.96.